The number of aryl methyl sites for hydroxylation is 1. The smallest absolute Gasteiger partial charge is 0.274 e. The summed E-state index contributed by atoms with van der Waals surface area (Å²) < 4.78 is 2.05. The van der Waals surface area contributed by atoms with E-state index in [1.807, 2.05) is 30.0 Å². The molecular formula is C20H21N5O2. The Morgan fingerprint density at radius 1 is 1.04 bits per heavy atom. The van der Waals surface area contributed by atoms with Gasteiger partial charge in [-0.25, -0.2) is 4.98 Å². The number of nitrogens with zero attached hydrogens (tertiary/aromatic N) is 5. The van der Waals surface area contributed by atoms with Crippen molar-refractivity contribution < 1.29 is 9.59 Å². The van der Waals surface area contributed by atoms with Gasteiger partial charge in [0.2, 0.25) is 5.91 Å². The zero-order valence-electron chi connectivity index (χ0n) is 15.2. The molecule has 27 heavy (non-hydrogen) atoms. The highest BCUT2D eigenvalue weighted by Gasteiger charge is 2.26. The van der Waals surface area contributed by atoms with Crippen molar-refractivity contribution in [3.05, 3.63) is 60.3 Å². The van der Waals surface area contributed by atoms with E-state index in [-0.39, 0.29) is 11.8 Å². The van der Waals surface area contributed by atoms with E-state index in [0.29, 0.717) is 38.4 Å². The summed E-state index contributed by atoms with van der Waals surface area (Å²) in [6, 6.07) is 10.2. The van der Waals surface area contributed by atoms with Crippen molar-refractivity contribution in [2.24, 2.45) is 0 Å². The predicted molar refractivity (Wildman–Crippen MR) is 101 cm³/mol. The fourth-order valence-corrected chi connectivity index (χ4v) is 3.52. The van der Waals surface area contributed by atoms with Crippen LogP contribution in [0.2, 0.25) is 0 Å². The van der Waals surface area contributed by atoms with Gasteiger partial charge in [-0.2, -0.15) is 0 Å². The number of aromatic nitrogens is 3. The molecule has 0 N–H and O–H groups in total. The molecule has 1 aliphatic rings. The Morgan fingerprint density at radius 3 is 2.52 bits per heavy atom. The minimum absolute atomic E-state index is 0.0751. The highest BCUT2D eigenvalue weighted by atomic mass is 16.2. The zero-order chi connectivity index (χ0) is 18.8. The number of fused-ring (bicyclic) bond motifs is 1. The van der Waals surface area contributed by atoms with Crippen molar-refractivity contribution >= 4 is 22.7 Å². The van der Waals surface area contributed by atoms with Crippen LogP contribution in [0.4, 0.5) is 0 Å². The van der Waals surface area contributed by atoms with Gasteiger partial charge in [-0.3, -0.25) is 14.6 Å². The van der Waals surface area contributed by atoms with E-state index in [0.717, 1.165) is 16.6 Å². The van der Waals surface area contributed by atoms with Gasteiger partial charge in [0.25, 0.3) is 5.91 Å². The van der Waals surface area contributed by atoms with Gasteiger partial charge >= 0.3 is 0 Å². The number of carbonyl (C=O) groups is 2. The number of hydrogen-bond donors (Lipinski definition) is 0. The molecule has 138 valence electrons. The van der Waals surface area contributed by atoms with Crippen LogP contribution in [-0.2, 0) is 11.3 Å². The average molecular weight is 363 g/mol. The Balaban J connectivity index is 1.40. The molecule has 3 aromatic rings. The number of carbonyl (C=O) groups excluding carboxylic acids is 2. The van der Waals surface area contributed by atoms with Crippen LogP contribution in [0.25, 0.3) is 10.9 Å². The highest BCUT2D eigenvalue weighted by Crippen LogP contribution is 2.19. The Morgan fingerprint density at radius 2 is 1.78 bits per heavy atom. The normalized spacial score (nSPS) is 14.6. The van der Waals surface area contributed by atoms with Gasteiger partial charge in [-0.15, -0.1) is 0 Å². The molecule has 0 spiro atoms. The largest absolute Gasteiger partial charge is 0.338 e. The lowest BCUT2D eigenvalue weighted by Crippen LogP contribution is -2.51. The second kappa shape index (κ2) is 7.19. The summed E-state index contributed by atoms with van der Waals surface area (Å²) in [5.41, 5.74) is 2.48. The van der Waals surface area contributed by atoms with Gasteiger partial charge in [0.1, 0.15) is 12.2 Å². The molecule has 1 saturated heterocycles. The van der Waals surface area contributed by atoms with E-state index in [1.54, 1.807) is 11.1 Å². The van der Waals surface area contributed by atoms with Gasteiger partial charge in [0.05, 0.1) is 6.20 Å². The summed E-state index contributed by atoms with van der Waals surface area (Å²) in [5.74, 6) is -0.0616. The Kier molecular flexibility index (Phi) is 4.58. The molecule has 4 rings (SSSR count). The van der Waals surface area contributed by atoms with E-state index in [4.69, 9.17) is 0 Å². The van der Waals surface area contributed by atoms with Crippen LogP contribution < -0.4 is 0 Å². The number of amides is 2. The monoisotopic (exact) mass is 363 g/mol. The quantitative estimate of drug-likeness (QED) is 0.710. The third-order valence-electron chi connectivity index (χ3n) is 5.01. The Bertz CT molecular complexity index is 974. The van der Waals surface area contributed by atoms with Crippen LogP contribution in [0, 0.1) is 6.92 Å². The predicted octanol–water partition coefficient (Wildman–Crippen LogP) is 1.72. The number of benzene rings is 1. The van der Waals surface area contributed by atoms with Crippen molar-refractivity contribution in [2.45, 2.75) is 13.5 Å². The SMILES string of the molecule is Cc1cc2ccccc2n1CC(=O)N1CCN(C(=O)c2cnccn2)CC1. The third-order valence-corrected chi connectivity index (χ3v) is 5.01. The van der Waals surface area contributed by atoms with E-state index >= 15 is 0 Å². The molecule has 3 heterocycles. The van der Waals surface area contributed by atoms with Crippen LogP contribution in [0.15, 0.2) is 48.9 Å². The topological polar surface area (TPSA) is 71.3 Å². The first-order valence-electron chi connectivity index (χ1n) is 9.01. The van der Waals surface area contributed by atoms with Crippen LogP contribution >= 0.6 is 0 Å². The molecule has 2 amide bonds. The maximum absolute atomic E-state index is 12.8. The molecule has 1 aliphatic heterocycles. The van der Waals surface area contributed by atoms with Crippen molar-refractivity contribution in [2.75, 3.05) is 26.2 Å². The molecule has 0 saturated carbocycles. The number of rotatable bonds is 3. The molecule has 0 bridgehead atoms. The van der Waals surface area contributed by atoms with Crippen LogP contribution in [0.5, 0.6) is 0 Å². The maximum Gasteiger partial charge on any atom is 0.274 e. The third kappa shape index (κ3) is 3.40. The summed E-state index contributed by atoms with van der Waals surface area (Å²) >= 11 is 0. The lowest BCUT2D eigenvalue weighted by Gasteiger charge is -2.34. The van der Waals surface area contributed by atoms with Gasteiger partial charge < -0.3 is 14.4 Å². The molecule has 1 fully saturated rings. The Hall–Kier alpha value is -3.22. The van der Waals surface area contributed by atoms with Crippen molar-refractivity contribution in [1.82, 2.24) is 24.3 Å². The standard InChI is InChI=1S/C20H21N5O2/c1-15-12-16-4-2-3-5-18(16)25(15)14-19(26)23-8-10-24(11-9-23)20(27)17-13-21-6-7-22-17/h2-7,12-13H,8-11,14H2,1H3. The summed E-state index contributed by atoms with van der Waals surface area (Å²) in [5, 5.41) is 1.14. The van der Waals surface area contributed by atoms with E-state index in [9.17, 15) is 9.59 Å². The van der Waals surface area contributed by atoms with Crippen LogP contribution in [0.1, 0.15) is 16.2 Å². The molecule has 7 nitrogen and oxygen atoms in total. The van der Waals surface area contributed by atoms with Crippen molar-refractivity contribution in [1.29, 1.82) is 0 Å². The van der Waals surface area contributed by atoms with Crippen molar-refractivity contribution in [3.8, 4) is 0 Å². The summed E-state index contributed by atoms with van der Waals surface area (Å²) in [6.45, 7) is 4.41. The summed E-state index contributed by atoms with van der Waals surface area (Å²) in [4.78, 5) is 36.8. The first-order valence-corrected chi connectivity index (χ1v) is 9.01. The molecule has 0 radical (unpaired) electrons. The van der Waals surface area contributed by atoms with Gasteiger partial charge in [0.15, 0.2) is 0 Å². The first-order chi connectivity index (χ1) is 13.1. The van der Waals surface area contributed by atoms with Gasteiger partial charge in [-0.05, 0) is 24.4 Å². The molecule has 7 heteroatoms. The van der Waals surface area contributed by atoms with Gasteiger partial charge in [-0.1, -0.05) is 18.2 Å². The zero-order valence-corrected chi connectivity index (χ0v) is 15.2. The first kappa shape index (κ1) is 17.2. The molecular weight excluding hydrogens is 342 g/mol. The van der Waals surface area contributed by atoms with Gasteiger partial charge in [0, 0.05) is 49.8 Å². The molecule has 1 aromatic carbocycles. The number of hydrogen-bond acceptors (Lipinski definition) is 4. The second-order valence-corrected chi connectivity index (χ2v) is 6.69. The van der Waals surface area contributed by atoms with Crippen LogP contribution in [0.3, 0.4) is 0 Å². The number of para-hydroxylation sites is 1. The number of piperazine rings is 1. The van der Waals surface area contributed by atoms with Crippen molar-refractivity contribution in [3.63, 3.8) is 0 Å². The van der Waals surface area contributed by atoms with E-state index in [2.05, 4.69) is 26.7 Å². The minimum Gasteiger partial charge on any atom is -0.338 e. The highest BCUT2D eigenvalue weighted by molar-refractivity contribution is 5.92. The maximum atomic E-state index is 12.8. The summed E-state index contributed by atoms with van der Waals surface area (Å²) in [6.07, 6.45) is 4.52. The average Bonchev–Trinajstić information content (AvgIpc) is 3.03. The fraction of sp³-hybridized carbons (Fsp3) is 0.300. The molecule has 0 aliphatic carbocycles. The van der Waals surface area contributed by atoms with E-state index < -0.39 is 0 Å². The van der Waals surface area contributed by atoms with Crippen LogP contribution in [-0.4, -0.2) is 62.3 Å². The minimum atomic E-state index is -0.137. The fourth-order valence-electron chi connectivity index (χ4n) is 3.52. The second-order valence-electron chi connectivity index (χ2n) is 6.69. The Labute approximate surface area is 157 Å². The molecule has 0 atom stereocenters. The lowest BCUT2D eigenvalue weighted by atomic mass is 10.2. The molecule has 2 aromatic heterocycles. The summed E-state index contributed by atoms with van der Waals surface area (Å²) in [7, 11) is 0. The lowest BCUT2D eigenvalue weighted by molar-refractivity contribution is -0.133. The van der Waals surface area contributed by atoms with E-state index in [1.165, 1.54) is 12.4 Å². The molecule has 0 unspecified atom stereocenters.